The second kappa shape index (κ2) is 3.36. The van der Waals surface area contributed by atoms with Crippen molar-refractivity contribution in [3.8, 4) is 0 Å². The van der Waals surface area contributed by atoms with Gasteiger partial charge in [-0.2, -0.15) is 12.6 Å². The topological polar surface area (TPSA) is 14.1 Å². The third-order valence-corrected chi connectivity index (χ3v) is 1.99. The number of thiol groups is 1. The Kier molecular flexibility index (Phi) is 2.70. The molecule has 0 aromatic carbocycles. The Morgan fingerprint density at radius 1 is 1.25 bits per heavy atom. The fourth-order valence-corrected chi connectivity index (χ4v) is 1.23. The van der Waals surface area contributed by atoms with E-state index in [0.29, 0.717) is 5.25 Å². The molecule has 0 aromatic rings. The molecule has 1 atom stereocenters. The van der Waals surface area contributed by atoms with Crippen LogP contribution in [0.2, 0.25) is 0 Å². The molecule has 0 N–H and O–H groups in total. The van der Waals surface area contributed by atoms with Gasteiger partial charge in [0.05, 0.1) is 0 Å². The smallest absolute Gasteiger partial charge is 0.0143 e. The molecule has 1 aliphatic rings. The largest absolute Gasteiger partial charge is 0.242 e. The summed E-state index contributed by atoms with van der Waals surface area (Å²) in [5.41, 5.74) is 0. The second-order valence-corrected chi connectivity index (χ2v) is 2.99. The molecule has 1 unspecified atom stereocenters. The zero-order valence-corrected chi connectivity index (χ0v) is 5.90. The first-order valence-corrected chi connectivity index (χ1v) is 3.72. The van der Waals surface area contributed by atoms with E-state index in [-0.39, 0.29) is 0 Å². The van der Waals surface area contributed by atoms with Gasteiger partial charge < -0.3 is 0 Å². The van der Waals surface area contributed by atoms with Crippen LogP contribution in [0.5, 0.6) is 0 Å². The first-order valence-electron chi connectivity index (χ1n) is 3.21. The summed E-state index contributed by atoms with van der Waals surface area (Å²) in [6.45, 7) is 2.10. The summed E-state index contributed by atoms with van der Waals surface area (Å²) in [6, 6.07) is 0. The van der Waals surface area contributed by atoms with E-state index < -0.39 is 0 Å². The van der Waals surface area contributed by atoms with Gasteiger partial charge in [-0.15, -0.1) is 0 Å². The highest BCUT2D eigenvalue weighted by molar-refractivity contribution is 7.80. The molecular weight excluding hydrogens is 118 g/mol. The molecule has 0 saturated carbocycles. The molecular formula is C6H12NS. The Balaban J connectivity index is 2.17. The molecule has 47 valence electrons. The van der Waals surface area contributed by atoms with Crippen molar-refractivity contribution in [2.24, 2.45) is 0 Å². The lowest BCUT2D eigenvalue weighted by Gasteiger charge is -2.01. The van der Waals surface area contributed by atoms with Crippen molar-refractivity contribution in [3.63, 3.8) is 0 Å². The molecule has 1 saturated heterocycles. The monoisotopic (exact) mass is 130 g/mol. The maximum atomic E-state index is 4.37. The summed E-state index contributed by atoms with van der Waals surface area (Å²) in [4.78, 5) is 0. The van der Waals surface area contributed by atoms with Gasteiger partial charge in [-0.3, -0.25) is 0 Å². The minimum Gasteiger partial charge on any atom is -0.242 e. The number of hydrogen-bond acceptors (Lipinski definition) is 1. The van der Waals surface area contributed by atoms with Crippen molar-refractivity contribution >= 4 is 12.6 Å². The lowest BCUT2D eigenvalue weighted by molar-refractivity contribution is 0.688. The highest BCUT2D eigenvalue weighted by atomic mass is 32.1. The highest BCUT2D eigenvalue weighted by Crippen LogP contribution is 2.10. The lowest BCUT2D eigenvalue weighted by atomic mass is 10.2. The minimum absolute atomic E-state index is 0.626. The molecule has 0 aliphatic carbocycles. The zero-order valence-electron chi connectivity index (χ0n) is 5.01. The first kappa shape index (κ1) is 6.43. The Bertz CT molecular complexity index is 57.5. The lowest BCUT2D eigenvalue weighted by Crippen LogP contribution is -2.05. The number of nitrogens with zero attached hydrogens (tertiary/aromatic N) is 1. The van der Waals surface area contributed by atoms with Crippen molar-refractivity contribution in [1.82, 2.24) is 5.32 Å². The van der Waals surface area contributed by atoms with Crippen LogP contribution < -0.4 is 5.32 Å². The number of hydrogen-bond donors (Lipinski definition) is 1. The molecule has 8 heavy (non-hydrogen) atoms. The molecule has 1 fully saturated rings. The van der Waals surface area contributed by atoms with Crippen LogP contribution in [0.15, 0.2) is 0 Å². The van der Waals surface area contributed by atoms with E-state index in [1.54, 1.807) is 0 Å². The summed E-state index contributed by atoms with van der Waals surface area (Å²) < 4.78 is 0. The quantitative estimate of drug-likeness (QED) is 0.472. The van der Waals surface area contributed by atoms with Crippen molar-refractivity contribution < 1.29 is 0 Å². The van der Waals surface area contributed by atoms with Crippen LogP contribution in [0.4, 0.5) is 0 Å². The fraction of sp³-hybridized carbons (Fsp3) is 1.00. The SMILES string of the molecule is SC1CCC[N]CC1. The molecule has 1 heterocycles. The van der Waals surface area contributed by atoms with Crippen LogP contribution in [0.25, 0.3) is 0 Å². The van der Waals surface area contributed by atoms with Crippen LogP contribution in [-0.2, 0) is 0 Å². The average molecular weight is 130 g/mol. The van der Waals surface area contributed by atoms with Gasteiger partial charge in [0.25, 0.3) is 0 Å². The first-order chi connectivity index (χ1) is 3.89. The van der Waals surface area contributed by atoms with E-state index in [2.05, 4.69) is 17.9 Å². The van der Waals surface area contributed by atoms with Gasteiger partial charge in [0.2, 0.25) is 0 Å². The maximum Gasteiger partial charge on any atom is 0.0143 e. The minimum atomic E-state index is 0.626. The molecule has 0 spiro atoms. The van der Waals surface area contributed by atoms with E-state index in [0.717, 1.165) is 13.1 Å². The predicted octanol–water partition coefficient (Wildman–Crippen LogP) is 1.07. The van der Waals surface area contributed by atoms with Gasteiger partial charge in [0.1, 0.15) is 0 Å². The highest BCUT2D eigenvalue weighted by Gasteiger charge is 2.06. The van der Waals surface area contributed by atoms with E-state index >= 15 is 0 Å². The second-order valence-electron chi connectivity index (χ2n) is 2.26. The van der Waals surface area contributed by atoms with Gasteiger partial charge in [0.15, 0.2) is 0 Å². The van der Waals surface area contributed by atoms with Gasteiger partial charge in [-0.05, 0) is 19.3 Å². The average Bonchev–Trinajstić information content (AvgIpc) is 1.94. The molecule has 1 nitrogen and oxygen atoms in total. The summed E-state index contributed by atoms with van der Waals surface area (Å²) in [6.07, 6.45) is 3.68. The zero-order chi connectivity index (χ0) is 5.82. The van der Waals surface area contributed by atoms with Gasteiger partial charge in [-0.25, -0.2) is 5.32 Å². The summed E-state index contributed by atoms with van der Waals surface area (Å²) in [5, 5.41) is 4.90. The van der Waals surface area contributed by atoms with Crippen LogP contribution >= 0.6 is 12.6 Å². The Morgan fingerprint density at radius 3 is 3.00 bits per heavy atom. The van der Waals surface area contributed by atoms with Crippen molar-refractivity contribution in [3.05, 3.63) is 0 Å². The van der Waals surface area contributed by atoms with Crippen LogP contribution in [0.1, 0.15) is 19.3 Å². The third kappa shape index (κ3) is 2.05. The van der Waals surface area contributed by atoms with Crippen molar-refractivity contribution in [2.75, 3.05) is 13.1 Å². The molecule has 1 aliphatic heterocycles. The molecule has 1 rings (SSSR count). The van der Waals surface area contributed by atoms with Gasteiger partial charge in [0, 0.05) is 18.3 Å². The third-order valence-electron chi connectivity index (χ3n) is 1.47. The molecule has 0 amide bonds. The van der Waals surface area contributed by atoms with E-state index in [1.807, 2.05) is 0 Å². The van der Waals surface area contributed by atoms with Gasteiger partial charge in [-0.1, -0.05) is 0 Å². The summed E-state index contributed by atoms with van der Waals surface area (Å²) in [7, 11) is 0. The van der Waals surface area contributed by atoms with E-state index in [1.165, 1.54) is 19.3 Å². The van der Waals surface area contributed by atoms with Crippen LogP contribution in [0, 0.1) is 0 Å². The molecule has 2 heteroatoms. The van der Waals surface area contributed by atoms with Crippen LogP contribution in [-0.4, -0.2) is 18.3 Å². The Morgan fingerprint density at radius 2 is 2.12 bits per heavy atom. The molecule has 1 radical (unpaired) electrons. The fourth-order valence-electron chi connectivity index (χ4n) is 0.935. The van der Waals surface area contributed by atoms with Crippen molar-refractivity contribution in [2.45, 2.75) is 24.5 Å². The Hall–Kier alpha value is 0.310. The van der Waals surface area contributed by atoms with Crippen molar-refractivity contribution in [1.29, 1.82) is 0 Å². The van der Waals surface area contributed by atoms with E-state index in [4.69, 9.17) is 0 Å². The number of rotatable bonds is 0. The summed E-state index contributed by atoms with van der Waals surface area (Å²) >= 11 is 4.37. The standard InChI is InChI=1S/C6H12NS/c8-6-2-1-4-7-5-3-6/h6,8H,1-5H2. The molecule has 0 bridgehead atoms. The summed E-state index contributed by atoms with van der Waals surface area (Å²) in [5.74, 6) is 0. The van der Waals surface area contributed by atoms with Gasteiger partial charge >= 0.3 is 0 Å². The normalized spacial score (nSPS) is 31.9. The van der Waals surface area contributed by atoms with Crippen LogP contribution in [0.3, 0.4) is 0 Å². The predicted molar refractivity (Wildman–Crippen MR) is 38.5 cm³/mol. The Labute approximate surface area is 56.3 Å². The maximum absolute atomic E-state index is 4.37. The molecule has 0 aromatic heterocycles. The van der Waals surface area contributed by atoms with E-state index in [9.17, 15) is 0 Å².